The van der Waals surface area contributed by atoms with Crippen molar-refractivity contribution in [2.45, 2.75) is 19.1 Å². The van der Waals surface area contributed by atoms with E-state index in [1.165, 1.54) is 0 Å². The Morgan fingerprint density at radius 2 is 1.88 bits per heavy atom. The van der Waals surface area contributed by atoms with Gasteiger partial charge in [0.1, 0.15) is 0 Å². The third kappa shape index (κ3) is 2.26. The van der Waals surface area contributed by atoms with E-state index in [2.05, 4.69) is 4.98 Å². The number of nitrogens with zero attached hydrogens (tertiary/aromatic N) is 1. The predicted molar refractivity (Wildman–Crippen MR) is 42.0 cm³/mol. The van der Waals surface area contributed by atoms with Crippen LogP contribution >= 0.6 is 0 Å². The first-order valence-corrected chi connectivity index (χ1v) is 4.01. The number of pyridine rings is 1. The molecule has 1 aromatic heterocycles. The van der Waals surface area contributed by atoms with Crippen LogP contribution in [0.3, 0.4) is 0 Å². The Morgan fingerprint density at radius 1 is 1.31 bits per heavy atom. The summed E-state index contributed by atoms with van der Waals surface area (Å²) in [7, 11) is 0. The molecule has 0 spiro atoms. The van der Waals surface area contributed by atoms with Gasteiger partial charge in [0.05, 0.1) is 5.56 Å². The van der Waals surface area contributed by atoms with Crippen molar-refractivity contribution >= 4 is 0 Å². The summed E-state index contributed by atoms with van der Waals surface area (Å²) >= 11 is 0. The molecule has 0 aromatic carbocycles. The minimum Gasteiger partial charge on any atom is -0.326 e. The lowest BCUT2D eigenvalue weighted by atomic mass is 10.0. The molecule has 0 fully saturated rings. The van der Waals surface area contributed by atoms with Gasteiger partial charge in [0.25, 0.3) is 6.43 Å². The van der Waals surface area contributed by atoms with Crippen LogP contribution < -0.4 is 5.73 Å². The third-order valence-corrected chi connectivity index (χ3v) is 1.90. The van der Waals surface area contributed by atoms with Crippen LogP contribution in [0.15, 0.2) is 6.20 Å². The molecule has 0 aliphatic heterocycles. The molecule has 0 amide bonds. The van der Waals surface area contributed by atoms with Crippen LogP contribution in [0.2, 0.25) is 0 Å². The molecule has 1 rings (SSSR count). The van der Waals surface area contributed by atoms with Crippen LogP contribution in [0.4, 0.5) is 26.3 Å². The highest BCUT2D eigenvalue weighted by molar-refractivity contribution is 5.35. The van der Waals surface area contributed by atoms with E-state index in [4.69, 9.17) is 5.73 Å². The number of halogens is 6. The van der Waals surface area contributed by atoms with Gasteiger partial charge in [0.15, 0.2) is 0 Å². The summed E-state index contributed by atoms with van der Waals surface area (Å²) in [5, 5.41) is 0. The fourth-order valence-electron chi connectivity index (χ4n) is 1.21. The maximum absolute atomic E-state index is 12.9. The predicted octanol–water partition coefficient (Wildman–Crippen LogP) is 2.64. The van der Waals surface area contributed by atoms with Crippen molar-refractivity contribution in [3.8, 4) is 0 Å². The van der Waals surface area contributed by atoms with Crippen molar-refractivity contribution in [3.63, 3.8) is 0 Å². The van der Waals surface area contributed by atoms with E-state index in [0.717, 1.165) is 0 Å². The quantitative estimate of drug-likeness (QED) is 0.641. The van der Waals surface area contributed by atoms with Gasteiger partial charge in [-0.2, -0.15) is 17.6 Å². The van der Waals surface area contributed by atoms with E-state index in [1.54, 1.807) is 0 Å². The van der Waals surface area contributed by atoms with Gasteiger partial charge in [0, 0.05) is 23.9 Å². The van der Waals surface area contributed by atoms with Crippen LogP contribution in [0.1, 0.15) is 23.1 Å². The standard InChI is InChI=1S/C8H6F6N2/c9-6(10)5-3(1-15)7(11)16-2-4(5)8(12,13)14/h2,6H,1,15H2. The number of hydrogen-bond donors (Lipinski definition) is 1. The molecule has 2 nitrogen and oxygen atoms in total. The Hall–Kier alpha value is -1.31. The van der Waals surface area contributed by atoms with E-state index in [9.17, 15) is 26.3 Å². The molecule has 1 aromatic rings. The fourth-order valence-corrected chi connectivity index (χ4v) is 1.21. The second kappa shape index (κ2) is 4.28. The molecular formula is C8H6F6N2. The van der Waals surface area contributed by atoms with Gasteiger partial charge in [-0.1, -0.05) is 0 Å². The second-order valence-electron chi connectivity index (χ2n) is 2.86. The SMILES string of the molecule is NCc1c(F)ncc(C(F)(F)F)c1C(F)F. The zero-order valence-corrected chi connectivity index (χ0v) is 7.65. The highest BCUT2D eigenvalue weighted by Gasteiger charge is 2.38. The first-order valence-electron chi connectivity index (χ1n) is 4.01. The zero-order valence-electron chi connectivity index (χ0n) is 7.65. The van der Waals surface area contributed by atoms with Crippen molar-refractivity contribution < 1.29 is 26.3 Å². The van der Waals surface area contributed by atoms with Crippen molar-refractivity contribution in [1.29, 1.82) is 0 Å². The molecule has 0 aliphatic rings. The lowest BCUT2D eigenvalue weighted by Crippen LogP contribution is -2.16. The normalized spacial score (nSPS) is 12.2. The fraction of sp³-hybridized carbons (Fsp3) is 0.375. The van der Waals surface area contributed by atoms with E-state index in [-0.39, 0.29) is 6.20 Å². The van der Waals surface area contributed by atoms with E-state index in [0.29, 0.717) is 0 Å². The Morgan fingerprint density at radius 3 is 2.25 bits per heavy atom. The van der Waals surface area contributed by atoms with Crippen LogP contribution in [-0.4, -0.2) is 4.98 Å². The molecule has 0 atom stereocenters. The van der Waals surface area contributed by atoms with Crippen molar-refractivity contribution in [3.05, 3.63) is 28.8 Å². The van der Waals surface area contributed by atoms with Crippen LogP contribution in [-0.2, 0) is 12.7 Å². The van der Waals surface area contributed by atoms with Gasteiger partial charge in [0.2, 0.25) is 5.95 Å². The number of rotatable bonds is 2. The summed E-state index contributed by atoms with van der Waals surface area (Å²) in [6.45, 7) is -0.775. The highest BCUT2D eigenvalue weighted by atomic mass is 19.4. The van der Waals surface area contributed by atoms with Crippen molar-refractivity contribution in [2.75, 3.05) is 0 Å². The summed E-state index contributed by atoms with van der Waals surface area (Å²) in [6.07, 6.45) is -8.44. The lowest BCUT2D eigenvalue weighted by molar-refractivity contribution is -0.139. The van der Waals surface area contributed by atoms with Crippen LogP contribution in [0, 0.1) is 5.95 Å². The summed E-state index contributed by atoms with van der Waals surface area (Å²) in [6, 6.07) is 0. The van der Waals surface area contributed by atoms with E-state index >= 15 is 0 Å². The van der Waals surface area contributed by atoms with E-state index in [1.807, 2.05) is 0 Å². The maximum Gasteiger partial charge on any atom is 0.418 e. The van der Waals surface area contributed by atoms with Gasteiger partial charge in [-0.3, -0.25) is 0 Å². The summed E-state index contributed by atoms with van der Waals surface area (Å²) < 4.78 is 74.7. The van der Waals surface area contributed by atoms with Crippen molar-refractivity contribution in [1.82, 2.24) is 4.98 Å². The van der Waals surface area contributed by atoms with Gasteiger partial charge >= 0.3 is 6.18 Å². The molecule has 0 unspecified atom stereocenters. The Bertz CT molecular complexity index is 387. The molecule has 0 aliphatic carbocycles. The summed E-state index contributed by atoms with van der Waals surface area (Å²) in [5.41, 5.74) is 0.904. The molecule has 0 saturated carbocycles. The topological polar surface area (TPSA) is 38.9 Å². The number of aromatic nitrogens is 1. The molecular weight excluding hydrogens is 238 g/mol. The summed E-state index contributed by atoms with van der Waals surface area (Å²) in [4.78, 5) is 2.76. The lowest BCUT2D eigenvalue weighted by Gasteiger charge is -2.15. The van der Waals surface area contributed by atoms with Gasteiger partial charge in [-0.25, -0.2) is 13.8 Å². The minimum absolute atomic E-state index is 0.0377. The monoisotopic (exact) mass is 244 g/mol. The number of nitrogens with two attached hydrogens (primary N) is 1. The van der Waals surface area contributed by atoms with Crippen molar-refractivity contribution in [2.24, 2.45) is 5.73 Å². The third-order valence-electron chi connectivity index (χ3n) is 1.90. The van der Waals surface area contributed by atoms with Crippen LogP contribution in [0.5, 0.6) is 0 Å². The van der Waals surface area contributed by atoms with E-state index < -0.39 is 41.8 Å². The van der Waals surface area contributed by atoms with Gasteiger partial charge in [-0.15, -0.1) is 0 Å². The smallest absolute Gasteiger partial charge is 0.326 e. The summed E-state index contributed by atoms with van der Waals surface area (Å²) in [5.74, 6) is -1.41. The first kappa shape index (κ1) is 12.8. The van der Waals surface area contributed by atoms with Gasteiger partial charge < -0.3 is 5.73 Å². The first-order chi connectivity index (χ1) is 7.29. The molecule has 1 heterocycles. The minimum atomic E-state index is -5.02. The molecule has 0 radical (unpaired) electrons. The Balaban J connectivity index is 3.52. The molecule has 2 N–H and O–H groups in total. The van der Waals surface area contributed by atoms with Gasteiger partial charge in [-0.05, 0) is 0 Å². The zero-order chi connectivity index (χ0) is 12.5. The molecule has 8 heteroatoms. The molecule has 90 valence electrons. The average molecular weight is 244 g/mol. The number of alkyl halides is 5. The molecule has 16 heavy (non-hydrogen) atoms. The maximum atomic E-state index is 12.9. The second-order valence-corrected chi connectivity index (χ2v) is 2.86. The molecule has 0 bridgehead atoms. The number of hydrogen-bond acceptors (Lipinski definition) is 2. The largest absolute Gasteiger partial charge is 0.418 e. The van der Waals surface area contributed by atoms with Crippen LogP contribution in [0.25, 0.3) is 0 Å². The Kier molecular flexibility index (Phi) is 3.41. The Labute approximate surface area is 86.1 Å². The average Bonchev–Trinajstić information content (AvgIpc) is 2.14. The molecule has 0 saturated heterocycles. The highest BCUT2D eigenvalue weighted by Crippen LogP contribution is 2.37.